The zero-order valence-electron chi connectivity index (χ0n) is 13.3. The number of urea groups is 1. The van der Waals surface area contributed by atoms with Gasteiger partial charge in [-0.2, -0.15) is 0 Å². The van der Waals surface area contributed by atoms with E-state index in [2.05, 4.69) is 10.6 Å². The van der Waals surface area contributed by atoms with E-state index in [-0.39, 0.29) is 12.6 Å². The summed E-state index contributed by atoms with van der Waals surface area (Å²) in [5.41, 5.74) is 5.42. The number of halogens is 1. The van der Waals surface area contributed by atoms with Crippen LogP contribution in [0.15, 0.2) is 24.3 Å². The maximum absolute atomic E-state index is 12.8. The largest absolute Gasteiger partial charge is 0.352 e. The first-order valence-electron chi connectivity index (χ1n) is 7.12. The average Bonchev–Trinajstić information content (AvgIpc) is 2.45. The van der Waals surface area contributed by atoms with Crippen molar-refractivity contribution in [3.63, 3.8) is 0 Å². The Morgan fingerprint density at radius 2 is 1.74 bits per heavy atom. The van der Waals surface area contributed by atoms with E-state index in [4.69, 9.17) is 5.73 Å². The Balaban J connectivity index is 2.71. The van der Waals surface area contributed by atoms with Gasteiger partial charge in [-0.25, -0.2) is 9.18 Å². The van der Waals surface area contributed by atoms with Gasteiger partial charge in [0.2, 0.25) is 11.8 Å². The summed E-state index contributed by atoms with van der Waals surface area (Å²) in [6, 6.07) is 3.38. The van der Waals surface area contributed by atoms with E-state index in [0.717, 1.165) is 0 Å². The Morgan fingerprint density at radius 1 is 1.17 bits per heavy atom. The molecule has 0 aliphatic heterocycles. The van der Waals surface area contributed by atoms with E-state index in [9.17, 15) is 18.8 Å². The minimum Gasteiger partial charge on any atom is -0.352 e. The lowest BCUT2D eigenvalue weighted by Gasteiger charge is -2.29. The van der Waals surface area contributed by atoms with Gasteiger partial charge in [0.1, 0.15) is 18.4 Å². The van der Waals surface area contributed by atoms with Crippen molar-refractivity contribution in [2.75, 3.05) is 11.9 Å². The fourth-order valence-corrected chi connectivity index (χ4v) is 1.93. The Kier molecular flexibility index (Phi) is 6.49. The van der Waals surface area contributed by atoms with E-state index >= 15 is 0 Å². The number of rotatable bonds is 6. The minimum absolute atomic E-state index is 0.196. The summed E-state index contributed by atoms with van der Waals surface area (Å²) in [6.45, 7) is 4.79. The number of hydrogen-bond acceptors (Lipinski definition) is 3. The van der Waals surface area contributed by atoms with Crippen molar-refractivity contribution >= 4 is 23.5 Å². The second kappa shape index (κ2) is 8.11. The van der Waals surface area contributed by atoms with Crippen LogP contribution in [-0.2, 0) is 9.59 Å². The van der Waals surface area contributed by atoms with Crippen LogP contribution in [0.3, 0.4) is 0 Å². The van der Waals surface area contributed by atoms with Crippen molar-refractivity contribution in [2.45, 2.75) is 32.9 Å². The zero-order valence-corrected chi connectivity index (χ0v) is 13.3. The first kappa shape index (κ1) is 18.4. The molecule has 126 valence electrons. The van der Waals surface area contributed by atoms with E-state index in [1.807, 2.05) is 0 Å². The SMILES string of the molecule is CC(NC(N)=O)C(=O)N(CC(=O)Nc1ccc(F)cc1)C(C)C. The molecule has 23 heavy (non-hydrogen) atoms. The highest BCUT2D eigenvalue weighted by Gasteiger charge is 2.25. The average molecular weight is 324 g/mol. The number of primary amides is 1. The van der Waals surface area contributed by atoms with Gasteiger partial charge in [0, 0.05) is 11.7 Å². The van der Waals surface area contributed by atoms with Gasteiger partial charge in [-0.15, -0.1) is 0 Å². The number of nitrogens with two attached hydrogens (primary N) is 1. The molecular formula is C15H21FN4O3. The van der Waals surface area contributed by atoms with Gasteiger partial charge < -0.3 is 21.3 Å². The van der Waals surface area contributed by atoms with Gasteiger partial charge >= 0.3 is 6.03 Å². The number of nitrogens with zero attached hydrogens (tertiary/aromatic N) is 1. The molecule has 1 unspecified atom stereocenters. The van der Waals surface area contributed by atoms with Gasteiger partial charge in [-0.3, -0.25) is 9.59 Å². The molecule has 0 fully saturated rings. The Hall–Kier alpha value is -2.64. The van der Waals surface area contributed by atoms with Crippen LogP contribution in [0.25, 0.3) is 0 Å². The van der Waals surface area contributed by atoms with Crippen LogP contribution in [0.5, 0.6) is 0 Å². The summed E-state index contributed by atoms with van der Waals surface area (Å²) in [5.74, 6) is -1.26. The van der Waals surface area contributed by atoms with Crippen LogP contribution in [0.2, 0.25) is 0 Å². The third-order valence-electron chi connectivity index (χ3n) is 3.08. The van der Waals surface area contributed by atoms with Crippen molar-refractivity contribution in [1.82, 2.24) is 10.2 Å². The number of nitrogens with one attached hydrogen (secondary N) is 2. The molecule has 0 saturated carbocycles. The molecule has 7 nitrogen and oxygen atoms in total. The second-order valence-electron chi connectivity index (χ2n) is 5.35. The van der Waals surface area contributed by atoms with Gasteiger partial charge in [0.25, 0.3) is 0 Å². The van der Waals surface area contributed by atoms with Crippen molar-refractivity contribution in [2.24, 2.45) is 5.73 Å². The Bertz CT molecular complexity index is 575. The molecule has 0 spiro atoms. The summed E-state index contributed by atoms with van der Waals surface area (Å²) in [6.07, 6.45) is 0. The standard InChI is InChI=1S/C15H21FN4O3/c1-9(2)20(14(22)10(3)18-15(17)23)8-13(21)19-12-6-4-11(16)5-7-12/h4-7,9-10H,8H2,1-3H3,(H,19,21)(H3,17,18,23). The van der Waals surface area contributed by atoms with Crippen LogP contribution in [0, 0.1) is 5.82 Å². The van der Waals surface area contributed by atoms with Crippen molar-refractivity contribution in [3.05, 3.63) is 30.1 Å². The van der Waals surface area contributed by atoms with Gasteiger partial charge in [-0.05, 0) is 45.0 Å². The van der Waals surface area contributed by atoms with E-state index in [1.165, 1.54) is 36.1 Å². The summed E-state index contributed by atoms with van der Waals surface area (Å²) >= 11 is 0. The molecule has 1 atom stereocenters. The van der Waals surface area contributed by atoms with Gasteiger partial charge in [0.05, 0.1) is 0 Å². The summed E-state index contributed by atoms with van der Waals surface area (Å²) in [5, 5.41) is 4.86. The van der Waals surface area contributed by atoms with Crippen LogP contribution < -0.4 is 16.4 Å². The third-order valence-corrected chi connectivity index (χ3v) is 3.08. The monoisotopic (exact) mass is 324 g/mol. The molecule has 0 aliphatic carbocycles. The maximum atomic E-state index is 12.8. The molecular weight excluding hydrogens is 303 g/mol. The van der Waals surface area contributed by atoms with Gasteiger partial charge in [0.15, 0.2) is 0 Å². The molecule has 4 N–H and O–H groups in total. The first-order chi connectivity index (χ1) is 10.7. The number of carbonyl (C=O) groups is 3. The highest BCUT2D eigenvalue weighted by Crippen LogP contribution is 2.09. The molecule has 0 saturated heterocycles. The van der Waals surface area contributed by atoms with E-state index < -0.39 is 29.7 Å². The molecule has 0 aromatic heterocycles. The van der Waals surface area contributed by atoms with E-state index in [1.54, 1.807) is 13.8 Å². The lowest BCUT2D eigenvalue weighted by Crippen LogP contribution is -2.52. The second-order valence-corrected chi connectivity index (χ2v) is 5.35. The molecule has 4 amide bonds. The molecule has 1 rings (SSSR count). The topological polar surface area (TPSA) is 105 Å². The van der Waals surface area contributed by atoms with Crippen LogP contribution in [0.4, 0.5) is 14.9 Å². The fraction of sp³-hybridized carbons (Fsp3) is 0.400. The Labute approximate surface area is 134 Å². The molecule has 0 aliphatic rings. The lowest BCUT2D eigenvalue weighted by molar-refractivity contribution is -0.137. The number of benzene rings is 1. The predicted molar refractivity (Wildman–Crippen MR) is 84.1 cm³/mol. The summed E-state index contributed by atoms with van der Waals surface area (Å²) in [4.78, 5) is 36.5. The maximum Gasteiger partial charge on any atom is 0.312 e. The van der Waals surface area contributed by atoms with Crippen LogP contribution in [-0.4, -0.2) is 41.4 Å². The van der Waals surface area contributed by atoms with E-state index in [0.29, 0.717) is 5.69 Å². The Morgan fingerprint density at radius 3 is 2.22 bits per heavy atom. The fourth-order valence-electron chi connectivity index (χ4n) is 1.93. The smallest absolute Gasteiger partial charge is 0.312 e. The number of hydrogen-bond donors (Lipinski definition) is 3. The number of amides is 4. The molecule has 0 radical (unpaired) electrons. The van der Waals surface area contributed by atoms with Crippen molar-refractivity contribution in [3.8, 4) is 0 Å². The third kappa shape index (κ3) is 5.93. The van der Waals surface area contributed by atoms with Crippen molar-refractivity contribution < 1.29 is 18.8 Å². The normalized spacial score (nSPS) is 11.7. The van der Waals surface area contributed by atoms with Crippen molar-refractivity contribution in [1.29, 1.82) is 0 Å². The molecule has 0 bridgehead atoms. The zero-order chi connectivity index (χ0) is 17.6. The summed E-state index contributed by atoms with van der Waals surface area (Å²) < 4.78 is 12.8. The summed E-state index contributed by atoms with van der Waals surface area (Å²) in [7, 11) is 0. The van der Waals surface area contributed by atoms with Crippen LogP contribution >= 0.6 is 0 Å². The van der Waals surface area contributed by atoms with Gasteiger partial charge in [-0.1, -0.05) is 0 Å². The quantitative estimate of drug-likeness (QED) is 0.728. The number of carbonyl (C=O) groups excluding carboxylic acids is 3. The highest BCUT2D eigenvalue weighted by molar-refractivity contribution is 5.95. The minimum atomic E-state index is -0.839. The molecule has 1 aromatic rings. The molecule has 1 aromatic carbocycles. The molecule has 8 heteroatoms. The first-order valence-corrected chi connectivity index (χ1v) is 7.12. The lowest BCUT2D eigenvalue weighted by atomic mass is 10.2. The number of anilines is 1. The van der Waals surface area contributed by atoms with Crippen LogP contribution in [0.1, 0.15) is 20.8 Å². The molecule has 0 heterocycles. The highest BCUT2D eigenvalue weighted by atomic mass is 19.1. The predicted octanol–water partition coefficient (Wildman–Crippen LogP) is 1.06.